The molecule has 20 heavy (non-hydrogen) atoms. The quantitative estimate of drug-likeness (QED) is 0.749. The Balaban J connectivity index is 3.10. The summed E-state index contributed by atoms with van der Waals surface area (Å²) in [4.78, 5) is 11.3. The van der Waals surface area contributed by atoms with Crippen molar-refractivity contribution >= 4 is 31.9 Å². The van der Waals surface area contributed by atoms with Crippen LogP contribution >= 0.6 is 15.9 Å². The summed E-state index contributed by atoms with van der Waals surface area (Å²) >= 11 is 3.31. The summed E-state index contributed by atoms with van der Waals surface area (Å²) in [5.74, 6) is -0.558. The Hall–Kier alpha value is -0.920. The molecule has 2 N–H and O–H groups in total. The van der Waals surface area contributed by atoms with E-state index in [0.717, 1.165) is 9.87 Å². The van der Waals surface area contributed by atoms with E-state index in [1.165, 1.54) is 0 Å². The van der Waals surface area contributed by atoms with Gasteiger partial charge in [-0.3, -0.25) is 4.79 Å². The maximum absolute atomic E-state index is 12.5. The Bertz CT molecular complexity index is 555. The van der Waals surface area contributed by atoms with Crippen LogP contribution in [0.25, 0.3) is 0 Å². The van der Waals surface area contributed by atoms with Gasteiger partial charge in [0.25, 0.3) is 0 Å². The van der Waals surface area contributed by atoms with Crippen molar-refractivity contribution in [1.29, 1.82) is 0 Å². The molecule has 0 aliphatic carbocycles. The third-order valence-corrected chi connectivity index (χ3v) is 5.09. The van der Waals surface area contributed by atoms with Gasteiger partial charge in [0.05, 0.1) is 11.4 Å². The number of carbonyl (C=O) groups is 1. The number of hydrogen-bond acceptors (Lipinski definition) is 3. The second kappa shape index (κ2) is 7.19. The molecule has 0 radical (unpaired) electrons. The summed E-state index contributed by atoms with van der Waals surface area (Å²) < 4.78 is 26.1. The van der Waals surface area contributed by atoms with Gasteiger partial charge in [0.2, 0.25) is 15.9 Å². The molecular weight excluding hydrogens is 344 g/mol. The molecule has 1 amide bonds. The SMILES string of the molecule is CC(C)CN(CC(N)=O)S(=O)(=O)c1ccc(CBr)cc1. The van der Waals surface area contributed by atoms with Gasteiger partial charge in [-0.05, 0) is 23.6 Å². The first-order chi connectivity index (χ1) is 9.27. The van der Waals surface area contributed by atoms with Crippen molar-refractivity contribution < 1.29 is 13.2 Å². The van der Waals surface area contributed by atoms with Crippen molar-refractivity contribution in [3.8, 4) is 0 Å². The number of rotatable bonds is 7. The van der Waals surface area contributed by atoms with E-state index in [1.54, 1.807) is 24.3 Å². The number of nitrogens with zero attached hydrogens (tertiary/aromatic N) is 1. The topological polar surface area (TPSA) is 80.5 Å². The predicted molar refractivity (Wildman–Crippen MR) is 81.9 cm³/mol. The number of halogens is 1. The van der Waals surface area contributed by atoms with Gasteiger partial charge in [0.15, 0.2) is 0 Å². The molecule has 0 heterocycles. The van der Waals surface area contributed by atoms with Crippen molar-refractivity contribution in [1.82, 2.24) is 4.31 Å². The van der Waals surface area contributed by atoms with Gasteiger partial charge in [-0.2, -0.15) is 4.31 Å². The lowest BCUT2D eigenvalue weighted by molar-refractivity contribution is -0.118. The summed E-state index contributed by atoms with van der Waals surface area (Å²) in [7, 11) is -3.70. The summed E-state index contributed by atoms with van der Waals surface area (Å²) in [6, 6.07) is 6.55. The number of carbonyl (C=O) groups excluding carboxylic acids is 1. The molecule has 1 aromatic carbocycles. The molecule has 0 aromatic heterocycles. The molecule has 0 aliphatic rings. The first-order valence-corrected chi connectivity index (χ1v) is 8.77. The van der Waals surface area contributed by atoms with Crippen molar-refractivity contribution in [2.24, 2.45) is 11.7 Å². The summed E-state index contributed by atoms with van der Waals surface area (Å²) in [5.41, 5.74) is 6.12. The minimum atomic E-state index is -3.70. The van der Waals surface area contributed by atoms with E-state index in [1.807, 2.05) is 13.8 Å². The second-order valence-corrected chi connectivity index (χ2v) is 7.43. The molecular formula is C13H19BrN2O3S. The van der Waals surface area contributed by atoms with Gasteiger partial charge in [-0.25, -0.2) is 8.42 Å². The molecule has 0 spiro atoms. The van der Waals surface area contributed by atoms with Gasteiger partial charge in [-0.15, -0.1) is 0 Å². The highest BCUT2D eigenvalue weighted by Gasteiger charge is 2.26. The molecule has 0 unspecified atom stereocenters. The average Bonchev–Trinajstić information content (AvgIpc) is 2.37. The molecule has 0 saturated heterocycles. The Kier molecular flexibility index (Phi) is 6.16. The Morgan fingerprint density at radius 1 is 1.30 bits per heavy atom. The summed E-state index contributed by atoms with van der Waals surface area (Å²) in [5, 5.41) is 0.657. The lowest BCUT2D eigenvalue weighted by Crippen LogP contribution is -2.40. The van der Waals surface area contributed by atoms with E-state index in [4.69, 9.17) is 5.73 Å². The van der Waals surface area contributed by atoms with Crippen LogP contribution in [0.2, 0.25) is 0 Å². The van der Waals surface area contributed by atoms with Crippen molar-refractivity contribution in [2.75, 3.05) is 13.1 Å². The molecule has 0 saturated carbocycles. The molecule has 0 atom stereocenters. The average molecular weight is 363 g/mol. The zero-order valence-electron chi connectivity index (χ0n) is 11.5. The van der Waals surface area contributed by atoms with Crippen molar-refractivity contribution in [3.63, 3.8) is 0 Å². The van der Waals surface area contributed by atoms with Crippen LogP contribution in [0.15, 0.2) is 29.2 Å². The first-order valence-electron chi connectivity index (χ1n) is 6.20. The fourth-order valence-corrected chi connectivity index (χ4v) is 3.67. The van der Waals surface area contributed by atoms with Gasteiger partial charge >= 0.3 is 0 Å². The van der Waals surface area contributed by atoms with Crippen LogP contribution in [-0.4, -0.2) is 31.7 Å². The van der Waals surface area contributed by atoms with Crippen LogP contribution in [0.5, 0.6) is 0 Å². The molecule has 112 valence electrons. The minimum Gasteiger partial charge on any atom is -0.369 e. The lowest BCUT2D eigenvalue weighted by atomic mass is 10.2. The fourth-order valence-electron chi connectivity index (χ4n) is 1.73. The zero-order chi connectivity index (χ0) is 15.3. The first kappa shape index (κ1) is 17.1. The largest absolute Gasteiger partial charge is 0.369 e. The van der Waals surface area contributed by atoms with E-state index in [0.29, 0.717) is 5.33 Å². The Morgan fingerprint density at radius 2 is 1.85 bits per heavy atom. The molecule has 0 fully saturated rings. The molecule has 7 heteroatoms. The van der Waals surface area contributed by atoms with Crippen LogP contribution in [0.1, 0.15) is 19.4 Å². The molecule has 1 aromatic rings. The number of benzene rings is 1. The number of hydrogen-bond donors (Lipinski definition) is 1. The van der Waals surface area contributed by atoms with Crippen LogP contribution in [-0.2, 0) is 20.1 Å². The highest BCUT2D eigenvalue weighted by atomic mass is 79.9. The zero-order valence-corrected chi connectivity index (χ0v) is 13.9. The number of sulfonamides is 1. The van der Waals surface area contributed by atoms with E-state index < -0.39 is 15.9 Å². The van der Waals surface area contributed by atoms with Gasteiger partial charge in [0.1, 0.15) is 0 Å². The maximum atomic E-state index is 12.5. The van der Waals surface area contributed by atoms with E-state index in [9.17, 15) is 13.2 Å². The molecule has 0 aliphatic heterocycles. The summed E-state index contributed by atoms with van der Waals surface area (Å²) in [6.45, 7) is 3.72. The monoisotopic (exact) mass is 362 g/mol. The van der Waals surface area contributed by atoms with E-state index in [2.05, 4.69) is 15.9 Å². The number of amides is 1. The number of alkyl halides is 1. The lowest BCUT2D eigenvalue weighted by Gasteiger charge is -2.22. The minimum absolute atomic E-state index is 0.103. The maximum Gasteiger partial charge on any atom is 0.243 e. The van der Waals surface area contributed by atoms with Gasteiger partial charge in [-0.1, -0.05) is 41.9 Å². The third kappa shape index (κ3) is 4.57. The normalized spacial score (nSPS) is 12.1. The second-order valence-electron chi connectivity index (χ2n) is 4.94. The van der Waals surface area contributed by atoms with Crippen LogP contribution in [0, 0.1) is 5.92 Å². The fraction of sp³-hybridized carbons (Fsp3) is 0.462. The number of nitrogens with two attached hydrogens (primary N) is 1. The summed E-state index contributed by atoms with van der Waals surface area (Å²) in [6.07, 6.45) is 0. The van der Waals surface area contributed by atoms with E-state index >= 15 is 0 Å². The highest BCUT2D eigenvalue weighted by Crippen LogP contribution is 2.18. The van der Waals surface area contributed by atoms with Crippen LogP contribution < -0.4 is 5.73 Å². The van der Waals surface area contributed by atoms with Gasteiger partial charge < -0.3 is 5.73 Å². The van der Waals surface area contributed by atoms with E-state index in [-0.39, 0.29) is 23.9 Å². The van der Waals surface area contributed by atoms with Crippen molar-refractivity contribution in [2.45, 2.75) is 24.1 Å². The highest BCUT2D eigenvalue weighted by molar-refractivity contribution is 9.08. The molecule has 1 rings (SSSR count). The molecule has 0 bridgehead atoms. The van der Waals surface area contributed by atoms with Crippen molar-refractivity contribution in [3.05, 3.63) is 29.8 Å². The molecule has 5 nitrogen and oxygen atoms in total. The van der Waals surface area contributed by atoms with Gasteiger partial charge in [0, 0.05) is 11.9 Å². The smallest absolute Gasteiger partial charge is 0.243 e. The third-order valence-electron chi connectivity index (χ3n) is 2.62. The van der Waals surface area contributed by atoms with Crippen LogP contribution in [0.3, 0.4) is 0 Å². The Morgan fingerprint density at radius 3 is 2.25 bits per heavy atom. The van der Waals surface area contributed by atoms with Crippen LogP contribution in [0.4, 0.5) is 0 Å². The Labute approximate surface area is 128 Å². The predicted octanol–water partition coefficient (Wildman–Crippen LogP) is 1.71. The standard InChI is InChI=1S/C13H19BrN2O3S/c1-10(2)8-16(9-13(15)17)20(18,19)12-5-3-11(7-14)4-6-12/h3-6,10H,7-9H2,1-2H3,(H2,15,17). The number of primary amides is 1.